The second kappa shape index (κ2) is 7.01. The second-order valence-electron chi connectivity index (χ2n) is 4.83. The molecule has 0 aliphatic carbocycles. The predicted octanol–water partition coefficient (Wildman–Crippen LogP) is 0.887. The van der Waals surface area contributed by atoms with Gasteiger partial charge in [-0.1, -0.05) is 0 Å². The molecule has 0 radical (unpaired) electrons. The van der Waals surface area contributed by atoms with E-state index in [1.165, 1.54) is 12.8 Å². The molecule has 1 fully saturated rings. The third-order valence-corrected chi connectivity index (χ3v) is 4.82. The van der Waals surface area contributed by atoms with E-state index >= 15 is 0 Å². The van der Waals surface area contributed by atoms with Crippen molar-refractivity contribution in [1.29, 1.82) is 0 Å². The maximum atomic E-state index is 12.3. The zero-order chi connectivity index (χ0) is 14.4. The van der Waals surface area contributed by atoms with Gasteiger partial charge in [0, 0.05) is 25.8 Å². The number of nitrogens with zero attached hydrogens (tertiary/aromatic N) is 2. The van der Waals surface area contributed by atoms with Crippen LogP contribution in [0.1, 0.15) is 19.8 Å². The van der Waals surface area contributed by atoms with Crippen molar-refractivity contribution >= 4 is 15.8 Å². The summed E-state index contributed by atoms with van der Waals surface area (Å²) in [6.07, 6.45) is 4.00. The van der Waals surface area contributed by atoms with Crippen molar-refractivity contribution in [1.82, 2.24) is 14.6 Å². The number of rotatable bonds is 7. The average molecular weight is 298 g/mol. The highest BCUT2D eigenvalue weighted by Gasteiger charge is 2.19. The summed E-state index contributed by atoms with van der Waals surface area (Å²) in [6.45, 7) is 5.87. The van der Waals surface area contributed by atoms with Crippen molar-refractivity contribution in [2.24, 2.45) is 0 Å². The first-order chi connectivity index (χ1) is 9.63. The van der Waals surface area contributed by atoms with Crippen LogP contribution in [0.5, 0.6) is 0 Å². The van der Waals surface area contributed by atoms with E-state index in [9.17, 15) is 8.42 Å². The molecule has 0 aromatic carbocycles. The highest BCUT2D eigenvalue weighted by Crippen LogP contribution is 2.17. The summed E-state index contributed by atoms with van der Waals surface area (Å²) in [5.74, 6) is 0.406. The number of likely N-dealkylation sites (tertiary alicyclic amines) is 1. The molecule has 0 bridgehead atoms. The van der Waals surface area contributed by atoms with Gasteiger partial charge in [0.2, 0.25) is 10.0 Å². The number of hydrogen-bond acceptors (Lipinski definition) is 5. The van der Waals surface area contributed by atoms with Crippen LogP contribution in [0.4, 0.5) is 5.82 Å². The third-order valence-electron chi connectivity index (χ3n) is 3.32. The molecule has 7 heteroatoms. The molecule has 1 saturated heterocycles. The van der Waals surface area contributed by atoms with Gasteiger partial charge in [-0.05, 0) is 45.0 Å². The van der Waals surface area contributed by atoms with E-state index in [1.54, 1.807) is 18.3 Å². The number of pyridine rings is 1. The highest BCUT2D eigenvalue weighted by atomic mass is 32.2. The van der Waals surface area contributed by atoms with Crippen LogP contribution >= 0.6 is 0 Å². The lowest BCUT2D eigenvalue weighted by Gasteiger charge is -2.15. The van der Waals surface area contributed by atoms with Crippen LogP contribution in [0.15, 0.2) is 23.2 Å². The minimum absolute atomic E-state index is 0.211. The average Bonchev–Trinajstić information content (AvgIpc) is 2.92. The number of sulfonamides is 1. The normalized spacial score (nSPS) is 16.4. The SMILES string of the molecule is CCNc1ncccc1S(=O)(=O)NCCN1CCCC1. The summed E-state index contributed by atoms with van der Waals surface area (Å²) in [5, 5.41) is 2.97. The fourth-order valence-electron chi connectivity index (χ4n) is 2.33. The summed E-state index contributed by atoms with van der Waals surface area (Å²) >= 11 is 0. The zero-order valence-electron chi connectivity index (χ0n) is 11.8. The molecule has 1 aromatic rings. The number of aromatic nitrogens is 1. The van der Waals surface area contributed by atoms with Gasteiger partial charge in [0.1, 0.15) is 10.7 Å². The van der Waals surface area contributed by atoms with Crippen molar-refractivity contribution in [3.05, 3.63) is 18.3 Å². The standard InChI is InChI=1S/C13H22N4O2S/c1-2-14-13-12(6-5-7-15-13)20(18,19)16-8-11-17-9-3-4-10-17/h5-7,16H,2-4,8-11H2,1H3,(H,14,15). The van der Waals surface area contributed by atoms with Crippen LogP contribution < -0.4 is 10.0 Å². The van der Waals surface area contributed by atoms with E-state index in [1.807, 2.05) is 6.92 Å². The Hall–Kier alpha value is -1.18. The topological polar surface area (TPSA) is 74.3 Å². The predicted molar refractivity (Wildman–Crippen MR) is 79.3 cm³/mol. The Morgan fingerprint density at radius 2 is 2.10 bits per heavy atom. The molecule has 1 aromatic heterocycles. The van der Waals surface area contributed by atoms with Crippen LogP contribution in [-0.2, 0) is 10.0 Å². The molecule has 2 N–H and O–H groups in total. The van der Waals surface area contributed by atoms with Crippen molar-refractivity contribution < 1.29 is 8.42 Å². The lowest BCUT2D eigenvalue weighted by Crippen LogP contribution is -2.33. The van der Waals surface area contributed by atoms with Crippen molar-refractivity contribution in [2.75, 3.05) is 38.0 Å². The van der Waals surface area contributed by atoms with E-state index in [0.29, 0.717) is 18.9 Å². The lowest BCUT2D eigenvalue weighted by molar-refractivity contribution is 0.344. The first-order valence-electron chi connectivity index (χ1n) is 7.04. The number of anilines is 1. The van der Waals surface area contributed by atoms with Gasteiger partial charge in [-0.15, -0.1) is 0 Å². The molecule has 112 valence electrons. The number of nitrogens with one attached hydrogen (secondary N) is 2. The van der Waals surface area contributed by atoms with Gasteiger partial charge in [-0.3, -0.25) is 0 Å². The van der Waals surface area contributed by atoms with Crippen LogP contribution in [-0.4, -0.2) is 51.0 Å². The second-order valence-corrected chi connectivity index (χ2v) is 6.56. The molecule has 0 amide bonds. The lowest BCUT2D eigenvalue weighted by atomic mass is 10.4. The summed E-state index contributed by atoms with van der Waals surface area (Å²) < 4.78 is 27.2. The van der Waals surface area contributed by atoms with E-state index in [2.05, 4.69) is 19.9 Å². The molecule has 2 heterocycles. The van der Waals surface area contributed by atoms with Crippen LogP contribution in [0.25, 0.3) is 0 Å². The first-order valence-corrected chi connectivity index (χ1v) is 8.52. The molecule has 6 nitrogen and oxygen atoms in total. The van der Waals surface area contributed by atoms with Gasteiger partial charge in [-0.2, -0.15) is 0 Å². The maximum absolute atomic E-state index is 12.3. The molecule has 0 unspecified atom stereocenters. The minimum atomic E-state index is -3.51. The quantitative estimate of drug-likeness (QED) is 0.782. The fourth-order valence-corrected chi connectivity index (χ4v) is 3.48. The zero-order valence-corrected chi connectivity index (χ0v) is 12.6. The molecule has 0 saturated carbocycles. The van der Waals surface area contributed by atoms with E-state index in [4.69, 9.17) is 0 Å². The van der Waals surface area contributed by atoms with E-state index in [-0.39, 0.29) is 4.90 Å². The molecule has 1 aliphatic heterocycles. The Balaban J connectivity index is 1.98. The smallest absolute Gasteiger partial charge is 0.244 e. The molecule has 20 heavy (non-hydrogen) atoms. The van der Waals surface area contributed by atoms with Crippen LogP contribution in [0.3, 0.4) is 0 Å². The Morgan fingerprint density at radius 3 is 2.80 bits per heavy atom. The fraction of sp³-hybridized carbons (Fsp3) is 0.615. The molecule has 1 aliphatic rings. The van der Waals surface area contributed by atoms with Gasteiger partial charge >= 0.3 is 0 Å². The summed E-state index contributed by atoms with van der Waals surface area (Å²) in [6, 6.07) is 3.21. The Labute approximate surface area is 120 Å². The van der Waals surface area contributed by atoms with E-state index in [0.717, 1.165) is 19.6 Å². The largest absolute Gasteiger partial charge is 0.369 e. The van der Waals surface area contributed by atoms with Crippen molar-refractivity contribution in [3.8, 4) is 0 Å². The van der Waals surface area contributed by atoms with Crippen molar-refractivity contribution in [2.45, 2.75) is 24.7 Å². The Morgan fingerprint density at radius 1 is 1.35 bits per heavy atom. The Bertz CT molecular complexity index is 527. The molecule has 0 spiro atoms. The Kier molecular flexibility index (Phi) is 5.33. The summed E-state index contributed by atoms with van der Waals surface area (Å²) in [7, 11) is -3.51. The van der Waals surface area contributed by atoms with Gasteiger partial charge in [-0.25, -0.2) is 18.1 Å². The van der Waals surface area contributed by atoms with Crippen LogP contribution in [0.2, 0.25) is 0 Å². The molecule has 0 atom stereocenters. The molecule has 2 rings (SSSR count). The molecular weight excluding hydrogens is 276 g/mol. The molecular formula is C13H22N4O2S. The maximum Gasteiger partial charge on any atom is 0.244 e. The minimum Gasteiger partial charge on any atom is -0.369 e. The number of hydrogen-bond donors (Lipinski definition) is 2. The van der Waals surface area contributed by atoms with Gasteiger partial charge in [0.15, 0.2) is 0 Å². The third kappa shape index (κ3) is 3.91. The summed E-state index contributed by atoms with van der Waals surface area (Å²) in [4.78, 5) is 6.57. The van der Waals surface area contributed by atoms with Crippen molar-refractivity contribution in [3.63, 3.8) is 0 Å². The summed E-state index contributed by atoms with van der Waals surface area (Å²) in [5.41, 5.74) is 0. The first kappa shape index (κ1) is 15.2. The van der Waals surface area contributed by atoms with Gasteiger partial charge < -0.3 is 10.2 Å². The van der Waals surface area contributed by atoms with Crippen LogP contribution in [0, 0.1) is 0 Å². The monoisotopic (exact) mass is 298 g/mol. The van der Waals surface area contributed by atoms with Gasteiger partial charge in [0.25, 0.3) is 0 Å². The highest BCUT2D eigenvalue weighted by molar-refractivity contribution is 7.89. The van der Waals surface area contributed by atoms with E-state index < -0.39 is 10.0 Å². The van der Waals surface area contributed by atoms with Gasteiger partial charge in [0.05, 0.1) is 0 Å².